The van der Waals surface area contributed by atoms with Crippen molar-refractivity contribution in [2.75, 3.05) is 19.7 Å². The van der Waals surface area contributed by atoms with Crippen molar-refractivity contribution in [2.45, 2.75) is 38.8 Å². The fourth-order valence-electron chi connectivity index (χ4n) is 2.89. The Labute approximate surface area is 125 Å². The van der Waals surface area contributed by atoms with Crippen LogP contribution >= 0.6 is 0 Å². The fraction of sp³-hybridized carbons (Fsp3) is 0.562. The van der Waals surface area contributed by atoms with Gasteiger partial charge in [-0.3, -0.25) is 9.69 Å². The molecule has 1 aromatic carbocycles. The second kappa shape index (κ2) is 6.91. The van der Waals surface area contributed by atoms with Gasteiger partial charge in [-0.15, -0.1) is 0 Å². The van der Waals surface area contributed by atoms with Gasteiger partial charge in [0.25, 0.3) is 0 Å². The highest BCUT2D eigenvalue weighted by Gasteiger charge is 2.34. The molecule has 0 saturated carbocycles. The lowest BCUT2D eigenvalue weighted by Crippen LogP contribution is -2.41. The summed E-state index contributed by atoms with van der Waals surface area (Å²) in [5.41, 5.74) is 7.62. The van der Waals surface area contributed by atoms with Gasteiger partial charge in [0.15, 0.2) is 0 Å². The number of benzene rings is 1. The van der Waals surface area contributed by atoms with Gasteiger partial charge in [-0.25, -0.2) is 0 Å². The Morgan fingerprint density at radius 2 is 2.10 bits per heavy atom. The molecule has 1 aromatic rings. The second-order valence-electron chi connectivity index (χ2n) is 5.73. The third-order valence-electron chi connectivity index (χ3n) is 3.95. The molecule has 0 unspecified atom stereocenters. The lowest BCUT2D eigenvalue weighted by Gasteiger charge is -2.21. The number of rotatable bonds is 6. The summed E-state index contributed by atoms with van der Waals surface area (Å²) in [4.78, 5) is 13.3. The number of aliphatic hydroxyl groups is 1. The van der Waals surface area contributed by atoms with Gasteiger partial charge >= 0.3 is 0 Å². The molecule has 0 radical (unpaired) electrons. The Bertz CT molecular complexity index is 484. The van der Waals surface area contributed by atoms with E-state index in [-0.39, 0.29) is 11.9 Å². The summed E-state index contributed by atoms with van der Waals surface area (Å²) < 4.78 is 5.84. The first-order chi connectivity index (χ1) is 9.99. The van der Waals surface area contributed by atoms with Crippen molar-refractivity contribution < 1.29 is 14.6 Å². The van der Waals surface area contributed by atoms with Crippen molar-refractivity contribution in [3.63, 3.8) is 0 Å². The Morgan fingerprint density at radius 3 is 2.71 bits per heavy atom. The SMILES string of the molecule is Cc1cccc(C)c1OCCCN1C[C@@H](O)C[C@@H]1C(N)=O. The number of carbonyl (C=O) groups excluding carboxylic acids is 1. The first-order valence-electron chi connectivity index (χ1n) is 7.39. The van der Waals surface area contributed by atoms with E-state index in [0.29, 0.717) is 26.1 Å². The standard InChI is InChI=1S/C16H24N2O3/c1-11-5-3-6-12(2)15(11)21-8-4-7-18-10-13(19)9-14(18)16(17)20/h3,5-6,13-14,19H,4,7-10H2,1-2H3,(H2,17,20)/t13-,14+/m0/s1. The van der Waals surface area contributed by atoms with Crippen LogP contribution in [0.15, 0.2) is 18.2 Å². The molecule has 2 atom stereocenters. The molecule has 1 amide bonds. The first-order valence-corrected chi connectivity index (χ1v) is 7.39. The van der Waals surface area contributed by atoms with E-state index in [1.54, 1.807) is 0 Å². The van der Waals surface area contributed by atoms with Crippen LogP contribution in [0.1, 0.15) is 24.0 Å². The lowest BCUT2D eigenvalue weighted by atomic mass is 10.1. The van der Waals surface area contributed by atoms with E-state index < -0.39 is 6.10 Å². The van der Waals surface area contributed by atoms with E-state index in [0.717, 1.165) is 23.3 Å². The highest BCUT2D eigenvalue weighted by atomic mass is 16.5. The van der Waals surface area contributed by atoms with Gasteiger partial charge < -0.3 is 15.6 Å². The zero-order chi connectivity index (χ0) is 15.4. The molecule has 2 rings (SSSR count). The molecule has 0 aliphatic carbocycles. The minimum Gasteiger partial charge on any atom is -0.493 e. The van der Waals surface area contributed by atoms with Crippen LogP contribution in [0, 0.1) is 13.8 Å². The maximum Gasteiger partial charge on any atom is 0.234 e. The lowest BCUT2D eigenvalue weighted by molar-refractivity contribution is -0.122. The van der Waals surface area contributed by atoms with E-state index in [2.05, 4.69) is 0 Å². The molecule has 0 spiro atoms. The van der Waals surface area contributed by atoms with Crippen LogP contribution in [-0.4, -0.2) is 47.8 Å². The van der Waals surface area contributed by atoms with Gasteiger partial charge in [0.1, 0.15) is 5.75 Å². The van der Waals surface area contributed by atoms with Gasteiger partial charge in [-0.05, 0) is 37.8 Å². The number of amides is 1. The topological polar surface area (TPSA) is 75.8 Å². The number of ether oxygens (including phenoxy) is 1. The molecule has 1 aliphatic heterocycles. The molecule has 116 valence electrons. The minimum absolute atomic E-state index is 0.347. The molecule has 0 aromatic heterocycles. The zero-order valence-electron chi connectivity index (χ0n) is 12.7. The molecule has 1 aliphatic rings. The molecule has 0 bridgehead atoms. The number of nitrogens with two attached hydrogens (primary N) is 1. The minimum atomic E-state index is -0.456. The van der Waals surface area contributed by atoms with Crippen LogP contribution in [0.25, 0.3) is 0 Å². The number of aliphatic hydroxyl groups excluding tert-OH is 1. The number of primary amides is 1. The summed E-state index contributed by atoms with van der Waals surface area (Å²) >= 11 is 0. The van der Waals surface area contributed by atoms with Crippen LogP contribution in [0.2, 0.25) is 0 Å². The number of para-hydroxylation sites is 1. The van der Waals surface area contributed by atoms with E-state index in [4.69, 9.17) is 10.5 Å². The second-order valence-corrected chi connectivity index (χ2v) is 5.73. The number of likely N-dealkylation sites (tertiary alicyclic amines) is 1. The highest BCUT2D eigenvalue weighted by molar-refractivity contribution is 5.80. The normalized spacial score (nSPS) is 22.4. The van der Waals surface area contributed by atoms with E-state index in [1.165, 1.54) is 0 Å². The number of hydrogen-bond donors (Lipinski definition) is 2. The number of aryl methyl sites for hydroxylation is 2. The van der Waals surface area contributed by atoms with Crippen molar-refractivity contribution in [1.82, 2.24) is 4.90 Å². The average Bonchev–Trinajstić information content (AvgIpc) is 2.79. The Morgan fingerprint density at radius 1 is 1.43 bits per heavy atom. The summed E-state index contributed by atoms with van der Waals surface area (Å²) in [6.45, 7) is 5.86. The van der Waals surface area contributed by atoms with Gasteiger partial charge in [-0.1, -0.05) is 18.2 Å². The van der Waals surface area contributed by atoms with Crippen molar-refractivity contribution in [3.8, 4) is 5.75 Å². The van der Waals surface area contributed by atoms with Crippen LogP contribution in [0.5, 0.6) is 5.75 Å². The van der Waals surface area contributed by atoms with Crippen molar-refractivity contribution in [3.05, 3.63) is 29.3 Å². The van der Waals surface area contributed by atoms with E-state index >= 15 is 0 Å². The van der Waals surface area contributed by atoms with Crippen LogP contribution in [0.4, 0.5) is 0 Å². The van der Waals surface area contributed by atoms with Gasteiger partial charge in [-0.2, -0.15) is 0 Å². The molecule has 5 nitrogen and oxygen atoms in total. The van der Waals surface area contributed by atoms with Crippen LogP contribution in [0.3, 0.4) is 0 Å². The van der Waals surface area contributed by atoms with Crippen molar-refractivity contribution in [2.24, 2.45) is 5.73 Å². The maximum absolute atomic E-state index is 11.3. The first kappa shape index (κ1) is 15.8. The van der Waals surface area contributed by atoms with Crippen LogP contribution in [-0.2, 0) is 4.79 Å². The molecule has 5 heteroatoms. The number of β-amino-alcohol motifs (C(OH)–C–C–N with tert-alkyl or cyclic N) is 1. The zero-order valence-corrected chi connectivity index (χ0v) is 12.7. The van der Waals surface area contributed by atoms with Crippen molar-refractivity contribution >= 4 is 5.91 Å². The number of hydrogen-bond acceptors (Lipinski definition) is 4. The Hall–Kier alpha value is -1.59. The van der Waals surface area contributed by atoms with Crippen molar-refractivity contribution in [1.29, 1.82) is 0 Å². The van der Waals surface area contributed by atoms with E-state index in [1.807, 2.05) is 36.9 Å². The molecule has 1 heterocycles. The van der Waals surface area contributed by atoms with Gasteiger partial charge in [0.2, 0.25) is 5.91 Å². The summed E-state index contributed by atoms with van der Waals surface area (Å²) in [6.07, 6.45) is 0.777. The number of nitrogens with zero attached hydrogens (tertiary/aromatic N) is 1. The quantitative estimate of drug-likeness (QED) is 0.767. The molecule has 3 N–H and O–H groups in total. The third kappa shape index (κ3) is 3.95. The average molecular weight is 292 g/mol. The van der Waals surface area contributed by atoms with E-state index in [9.17, 15) is 9.90 Å². The van der Waals surface area contributed by atoms with Gasteiger partial charge in [0.05, 0.1) is 18.8 Å². The third-order valence-corrected chi connectivity index (χ3v) is 3.95. The Kier molecular flexibility index (Phi) is 5.20. The summed E-state index contributed by atoms with van der Waals surface area (Å²) in [5, 5.41) is 9.65. The Balaban J connectivity index is 1.81. The fourth-order valence-corrected chi connectivity index (χ4v) is 2.89. The predicted molar refractivity (Wildman–Crippen MR) is 81.2 cm³/mol. The van der Waals surface area contributed by atoms with Gasteiger partial charge in [0, 0.05) is 13.1 Å². The summed E-state index contributed by atoms with van der Waals surface area (Å²) in [7, 11) is 0. The molecule has 1 fully saturated rings. The molecule has 21 heavy (non-hydrogen) atoms. The maximum atomic E-state index is 11.3. The summed E-state index contributed by atoms with van der Waals surface area (Å²) in [5.74, 6) is 0.577. The molecular weight excluding hydrogens is 268 g/mol. The largest absolute Gasteiger partial charge is 0.493 e. The summed E-state index contributed by atoms with van der Waals surface area (Å²) in [6, 6.07) is 5.73. The van der Waals surface area contributed by atoms with Crippen LogP contribution < -0.4 is 10.5 Å². The number of carbonyl (C=O) groups is 1. The molecular formula is C16H24N2O3. The monoisotopic (exact) mass is 292 g/mol. The molecule has 1 saturated heterocycles. The predicted octanol–water partition coefficient (Wildman–Crippen LogP) is 0.993. The highest BCUT2D eigenvalue weighted by Crippen LogP contribution is 2.23. The smallest absolute Gasteiger partial charge is 0.234 e.